The molecule has 3 aromatic carbocycles. The SMILES string of the molecule is CC[C@H](C)NC(=O)[C@H](CC)N(Cc1ccc(Cl)c(Cl)c1)C(=O)CN(c1ccc(Cl)cc1C)S(=O)(=O)c1ccccc1. The monoisotopic (exact) mass is 637 g/mol. The Balaban J connectivity index is 2.10. The van der Waals surface area contributed by atoms with Crippen molar-refractivity contribution >= 4 is 62.3 Å². The van der Waals surface area contributed by atoms with Gasteiger partial charge in [-0.1, -0.05) is 72.9 Å². The van der Waals surface area contributed by atoms with E-state index < -0.39 is 28.5 Å². The van der Waals surface area contributed by atoms with Crippen LogP contribution in [-0.4, -0.2) is 43.8 Å². The Morgan fingerprint density at radius 3 is 2.17 bits per heavy atom. The van der Waals surface area contributed by atoms with Gasteiger partial charge in [-0.2, -0.15) is 0 Å². The number of nitrogens with zero attached hydrogens (tertiary/aromatic N) is 2. The number of carbonyl (C=O) groups excluding carboxylic acids is 2. The molecule has 220 valence electrons. The number of halogens is 3. The molecule has 0 radical (unpaired) electrons. The van der Waals surface area contributed by atoms with Crippen LogP contribution in [0.5, 0.6) is 0 Å². The highest BCUT2D eigenvalue weighted by molar-refractivity contribution is 7.92. The maximum atomic E-state index is 14.2. The lowest BCUT2D eigenvalue weighted by Crippen LogP contribution is -2.53. The predicted molar refractivity (Wildman–Crippen MR) is 166 cm³/mol. The Morgan fingerprint density at radius 1 is 0.902 bits per heavy atom. The van der Waals surface area contributed by atoms with Crippen molar-refractivity contribution in [3.8, 4) is 0 Å². The minimum absolute atomic E-state index is 0.0149. The number of benzene rings is 3. The molecular weight excluding hydrogens is 605 g/mol. The lowest BCUT2D eigenvalue weighted by atomic mass is 10.1. The summed E-state index contributed by atoms with van der Waals surface area (Å²) in [6.07, 6.45) is 1.02. The maximum Gasteiger partial charge on any atom is 0.264 e. The van der Waals surface area contributed by atoms with Gasteiger partial charge in [0.1, 0.15) is 12.6 Å². The summed E-state index contributed by atoms with van der Waals surface area (Å²) in [5, 5.41) is 4.05. The first-order valence-corrected chi connectivity index (χ1v) is 15.8. The third-order valence-electron chi connectivity index (χ3n) is 6.76. The summed E-state index contributed by atoms with van der Waals surface area (Å²) in [5.74, 6) is -0.883. The lowest BCUT2D eigenvalue weighted by molar-refractivity contribution is -0.140. The molecule has 1 N–H and O–H groups in total. The van der Waals surface area contributed by atoms with Crippen molar-refractivity contribution in [1.29, 1.82) is 0 Å². The van der Waals surface area contributed by atoms with E-state index in [1.54, 1.807) is 68.4 Å². The first kappa shape index (κ1) is 32.7. The molecule has 3 aromatic rings. The van der Waals surface area contributed by atoms with Gasteiger partial charge in [0.25, 0.3) is 10.0 Å². The molecule has 11 heteroatoms. The van der Waals surface area contributed by atoms with Gasteiger partial charge in [0, 0.05) is 17.6 Å². The highest BCUT2D eigenvalue weighted by atomic mass is 35.5. The molecule has 0 fully saturated rings. The van der Waals surface area contributed by atoms with Gasteiger partial charge in [0.05, 0.1) is 20.6 Å². The van der Waals surface area contributed by atoms with E-state index in [1.807, 2.05) is 13.8 Å². The number of hydrogen-bond donors (Lipinski definition) is 1. The molecule has 0 heterocycles. The van der Waals surface area contributed by atoms with Gasteiger partial charge in [-0.3, -0.25) is 13.9 Å². The molecule has 0 saturated heterocycles. The number of aryl methyl sites for hydroxylation is 1. The van der Waals surface area contributed by atoms with Crippen LogP contribution in [0, 0.1) is 6.92 Å². The van der Waals surface area contributed by atoms with Crippen molar-refractivity contribution in [2.45, 2.75) is 64.1 Å². The predicted octanol–water partition coefficient (Wildman–Crippen LogP) is 6.87. The Morgan fingerprint density at radius 2 is 1.59 bits per heavy atom. The van der Waals surface area contributed by atoms with E-state index in [1.165, 1.54) is 17.0 Å². The van der Waals surface area contributed by atoms with E-state index in [0.29, 0.717) is 44.7 Å². The zero-order chi connectivity index (χ0) is 30.3. The van der Waals surface area contributed by atoms with Crippen LogP contribution in [0.2, 0.25) is 15.1 Å². The average Bonchev–Trinajstić information content (AvgIpc) is 2.94. The Hall–Kier alpha value is -2.78. The normalized spacial score (nSPS) is 12.9. The number of carbonyl (C=O) groups is 2. The van der Waals surface area contributed by atoms with Crippen molar-refractivity contribution in [1.82, 2.24) is 10.2 Å². The van der Waals surface area contributed by atoms with Gasteiger partial charge in [-0.05, 0) is 80.3 Å². The highest BCUT2D eigenvalue weighted by Gasteiger charge is 2.34. The number of rotatable bonds is 12. The van der Waals surface area contributed by atoms with Gasteiger partial charge in [-0.25, -0.2) is 8.42 Å². The van der Waals surface area contributed by atoms with Crippen LogP contribution in [0.4, 0.5) is 5.69 Å². The molecule has 2 atom stereocenters. The van der Waals surface area contributed by atoms with Crippen LogP contribution in [-0.2, 0) is 26.2 Å². The second-order valence-corrected chi connectivity index (χ2v) is 12.9. The largest absolute Gasteiger partial charge is 0.352 e. The molecule has 3 rings (SSSR count). The fourth-order valence-electron chi connectivity index (χ4n) is 4.33. The highest BCUT2D eigenvalue weighted by Crippen LogP contribution is 2.30. The summed E-state index contributed by atoms with van der Waals surface area (Å²) in [4.78, 5) is 28.9. The van der Waals surface area contributed by atoms with Gasteiger partial charge in [0.15, 0.2) is 0 Å². The summed E-state index contributed by atoms with van der Waals surface area (Å²) in [5.41, 5.74) is 1.52. The average molecular weight is 639 g/mol. The van der Waals surface area contributed by atoms with E-state index in [9.17, 15) is 18.0 Å². The number of sulfonamides is 1. The minimum atomic E-state index is -4.18. The van der Waals surface area contributed by atoms with Gasteiger partial charge < -0.3 is 10.2 Å². The van der Waals surface area contributed by atoms with Crippen molar-refractivity contribution < 1.29 is 18.0 Å². The summed E-state index contributed by atoms with van der Waals surface area (Å²) in [6.45, 7) is 6.83. The van der Waals surface area contributed by atoms with Gasteiger partial charge in [-0.15, -0.1) is 0 Å². The summed E-state index contributed by atoms with van der Waals surface area (Å²) < 4.78 is 28.9. The Kier molecular flexibility index (Phi) is 11.5. The van der Waals surface area contributed by atoms with Crippen LogP contribution in [0.1, 0.15) is 44.7 Å². The van der Waals surface area contributed by atoms with Crippen molar-refractivity contribution in [2.75, 3.05) is 10.8 Å². The van der Waals surface area contributed by atoms with Crippen molar-refractivity contribution in [3.63, 3.8) is 0 Å². The smallest absolute Gasteiger partial charge is 0.264 e. The Labute approximate surface area is 257 Å². The standard InChI is InChI=1S/C30H34Cl3N3O4S/c1-5-21(4)34-30(38)27(6-2)35(18-22-12-14-25(32)26(33)17-22)29(37)19-36(28-15-13-23(31)16-20(28)3)41(39,40)24-10-8-7-9-11-24/h7-17,21,27H,5-6,18-19H2,1-4H3,(H,34,38)/t21-,27-/m0/s1. The zero-order valence-electron chi connectivity index (χ0n) is 23.4. The molecule has 41 heavy (non-hydrogen) atoms. The zero-order valence-corrected chi connectivity index (χ0v) is 26.5. The molecule has 7 nitrogen and oxygen atoms in total. The van der Waals surface area contributed by atoms with Crippen LogP contribution in [0.3, 0.4) is 0 Å². The second-order valence-electron chi connectivity index (χ2n) is 9.77. The number of anilines is 1. The van der Waals surface area contributed by atoms with E-state index >= 15 is 0 Å². The van der Waals surface area contributed by atoms with E-state index in [-0.39, 0.29) is 23.4 Å². The van der Waals surface area contributed by atoms with Crippen LogP contribution in [0.15, 0.2) is 71.6 Å². The molecule has 0 aromatic heterocycles. The molecule has 0 bridgehead atoms. The quantitative estimate of drug-likeness (QED) is 0.235. The first-order valence-electron chi connectivity index (χ1n) is 13.3. The van der Waals surface area contributed by atoms with Crippen molar-refractivity contribution in [2.24, 2.45) is 0 Å². The van der Waals surface area contributed by atoms with Crippen LogP contribution < -0.4 is 9.62 Å². The second kappa shape index (κ2) is 14.4. The van der Waals surface area contributed by atoms with Crippen LogP contribution >= 0.6 is 34.8 Å². The summed E-state index contributed by atoms with van der Waals surface area (Å²) in [6, 6.07) is 16.7. The molecule has 2 amide bonds. The minimum Gasteiger partial charge on any atom is -0.352 e. The number of nitrogens with one attached hydrogen (secondary N) is 1. The fourth-order valence-corrected chi connectivity index (χ4v) is 6.37. The van der Waals surface area contributed by atoms with Gasteiger partial charge >= 0.3 is 0 Å². The molecule has 0 aliphatic carbocycles. The number of amides is 2. The van der Waals surface area contributed by atoms with E-state index in [4.69, 9.17) is 34.8 Å². The van der Waals surface area contributed by atoms with Crippen molar-refractivity contribution in [3.05, 3.63) is 92.9 Å². The Bertz CT molecular complexity index is 1490. The van der Waals surface area contributed by atoms with E-state index in [0.717, 1.165) is 4.31 Å². The summed E-state index contributed by atoms with van der Waals surface area (Å²) in [7, 11) is -4.18. The van der Waals surface area contributed by atoms with Gasteiger partial charge in [0.2, 0.25) is 11.8 Å². The lowest BCUT2D eigenvalue weighted by Gasteiger charge is -2.34. The topological polar surface area (TPSA) is 86.8 Å². The molecule has 0 spiro atoms. The molecule has 0 aliphatic rings. The number of hydrogen-bond acceptors (Lipinski definition) is 4. The molecule has 0 aliphatic heterocycles. The summed E-state index contributed by atoms with van der Waals surface area (Å²) >= 11 is 18.5. The van der Waals surface area contributed by atoms with E-state index in [2.05, 4.69) is 5.32 Å². The van der Waals surface area contributed by atoms with Crippen LogP contribution in [0.25, 0.3) is 0 Å². The third kappa shape index (κ3) is 8.16. The molecular formula is C30H34Cl3N3O4S. The fraction of sp³-hybridized carbons (Fsp3) is 0.333. The molecule has 0 unspecified atom stereocenters. The maximum absolute atomic E-state index is 14.2. The first-order chi connectivity index (χ1) is 19.4. The third-order valence-corrected chi connectivity index (χ3v) is 9.51. The molecule has 0 saturated carbocycles.